The first-order valence-corrected chi connectivity index (χ1v) is 8.70. The van der Waals surface area contributed by atoms with Crippen LogP contribution in [0.15, 0.2) is 66.9 Å². The third-order valence-corrected chi connectivity index (χ3v) is 4.13. The van der Waals surface area contributed by atoms with Gasteiger partial charge in [-0.05, 0) is 53.9 Å². The van der Waals surface area contributed by atoms with Crippen molar-refractivity contribution in [3.8, 4) is 6.07 Å². The lowest BCUT2D eigenvalue weighted by atomic mass is 10.0. The molecule has 0 unspecified atom stereocenters. The minimum atomic E-state index is -0.243. The summed E-state index contributed by atoms with van der Waals surface area (Å²) < 4.78 is 0. The van der Waals surface area contributed by atoms with Gasteiger partial charge in [0.15, 0.2) is 0 Å². The molecule has 0 atom stereocenters. The van der Waals surface area contributed by atoms with Gasteiger partial charge in [0.2, 0.25) is 0 Å². The van der Waals surface area contributed by atoms with Crippen LogP contribution < -0.4 is 10.6 Å². The highest BCUT2D eigenvalue weighted by atomic mass is 16.1. The van der Waals surface area contributed by atoms with Gasteiger partial charge in [-0.1, -0.05) is 32.0 Å². The lowest BCUT2D eigenvalue weighted by Gasteiger charge is -2.13. The molecule has 0 saturated heterocycles. The normalized spacial score (nSPS) is 10.3. The molecule has 0 aliphatic rings. The Labute approximate surface area is 158 Å². The average molecular weight is 356 g/mol. The fourth-order valence-electron chi connectivity index (χ4n) is 2.70. The van der Waals surface area contributed by atoms with Gasteiger partial charge in [-0.3, -0.25) is 4.79 Å². The maximum Gasteiger partial charge on any atom is 0.274 e. The molecule has 134 valence electrons. The van der Waals surface area contributed by atoms with Crippen molar-refractivity contribution in [2.24, 2.45) is 0 Å². The van der Waals surface area contributed by atoms with Crippen molar-refractivity contribution in [1.29, 1.82) is 5.26 Å². The van der Waals surface area contributed by atoms with E-state index in [2.05, 4.69) is 35.5 Å². The number of amides is 1. The Balaban J connectivity index is 1.69. The van der Waals surface area contributed by atoms with Gasteiger partial charge >= 0.3 is 0 Å². The average Bonchev–Trinajstić information content (AvgIpc) is 2.69. The number of aromatic nitrogens is 1. The van der Waals surface area contributed by atoms with Gasteiger partial charge in [0, 0.05) is 11.4 Å². The van der Waals surface area contributed by atoms with Gasteiger partial charge in [0.25, 0.3) is 5.91 Å². The Morgan fingerprint density at radius 2 is 1.70 bits per heavy atom. The van der Waals surface area contributed by atoms with Gasteiger partial charge in [-0.2, -0.15) is 5.26 Å². The molecule has 0 fully saturated rings. The fraction of sp³-hybridized carbons (Fsp3) is 0.136. The van der Waals surface area contributed by atoms with Crippen LogP contribution in [0.4, 0.5) is 17.1 Å². The zero-order chi connectivity index (χ0) is 19.2. The van der Waals surface area contributed by atoms with Gasteiger partial charge in [-0.15, -0.1) is 0 Å². The summed E-state index contributed by atoms with van der Waals surface area (Å²) in [4.78, 5) is 16.8. The second-order valence-corrected chi connectivity index (χ2v) is 6.44. The summed E-state index contributed by atoms with van der Waals surface area (Å²) in [7, 11) is 0. The summed E-state index contributed by atoms with van der Waals surface area (Å²) in [6, 6.07) is 20.5. The van der Waals surface area contributed by atoms with Crippen LogP contribution in [-0.2, 0) is 0 Å². The van der Waals surface area contributed by atoms with E-state index in [0.717, 1.165) is 22.6 Å². The number of anilines is 3. The van der Waals surface area contributed by atoms with Gasteiger partial charge in [0.05, 0.1) is 23.5 Å². The first kappa shape index (κ1) is 18.2. The van der Waals surface area contributed by atoms with Crippen molar-refractivity contribution in [3.63, 3.8) is 0 Å². The zero-order valence-electron chi connectivity index (χ0n) is 15.2. The molecular weight excluding hydrogens is 336 g/mol. The molecule has 27 heavy (non-hydrogen) atoms. The molecular formula is C22H20N4O. The van der Waals surface area contributed by atoms with E-state index in [1.165, 1.54) is 0 Å². The Bertz CT molecular complexity index is 970. The Kier molecular flexibility index (Phi) is 5.48. The minimum absolute atomic E-state index is 0.243. The predicted molar refractivity (Wildman–Crippen MR) is 107 cm³/mol. The maximum absolute atomic E-state index is 12.5. The number of pyridine rings is 1. The smallest absolute Gasteiger partial charge is 0.274 e. The number of hydrogen-bond acceptors (Lipinski definition) is 4. The lowest BCUT2D eigenvalue weighted by Crippen LogP contribution is -2.15. The molecule has 2 aromatic carbocycles. The van der Waals surface area contributed by atoms with E-state index >= 15 is 0 Å². The number of nitrogens with one attached hydrogen (secondary N) is 2. The highest BCUT2D eigenvalue weighted by Crippen LogP contribution is 2.24. The summed E-state index contributed by atoms with van der Waals surface area (Å²) in [6.07, 6.45) is 1.61. The van der Waals surface area contributed by atoms with Crippen LogP contribution in [0, 0.1) is 11.3 Å². The Morgan fingerprint density at radius 1 is 1.00 bits per heavy atom. The first-order chi connectivity index (χ1) is 13.1. The highest BCUT2D eigenvalue weighted by molar-refractivity contribution is 6.03. The number of carbonyl (C=O) groups excluding carboxylic acids is 1. The van der Waals surface area contributed by atoms with Gasteiger partial charge in [-0.25, -0.2) is 4.98 Å². The lowest BCUT2D eigenvalue weighted by molar-refractivity contribution is 0.102. The van der Waals surface area contributed by atoms with Gasteiger partial charge < -0.3 is 10.6 Å². The number of para-hydroxylation sites is 1. The molecule has 5 heteroatoms. The van der Waals surface area contributed by atoms with Crippen LogP contribution in [0.25, 0.3) is 0 Å². The largest absolute Gasteiger partial charge is 0.354 e. The highest BCUT2D eigenvalue weighted by Gasteiger charge is 2.12. The number of carbonyl (C=O) groups is 1. The molecule has 1 amide bonds. The van der Waals surface area contributed by atoms with E-state index in [4.69, 9.17) is 5.26 Å². The molecule has 0 spiro atoms. The molecule has 2 N–H and O–H groups in total. The van der Waals surface area contributed by atoms with Crippen LogP contribution in [0.2, 0.25) is 0 Å². The summed E-state index contributed by atoms with van der Waals surface area (Å²) in [5.41, 5.74) is 4.45. The number of benzene rings is 2. The predicted octanol–water partition coefficient (Wildman–Crippen LogP) is 5.07. The van der Waals surface area contributed by atoms with Crippen molar-refractivity contribution in [3.05, 3.63) is 83.7 Å². The van der Waals surface area contributed by atoms with E-state index in [1.54, 1.807) is 30.5 Å². The van der Waals surface area contributed by atoms with Crippen LogP contribution in [-0.4, -0.2) is 10.9 Å². The third-order valence-electron chi connectivity index (χ3n) is 4.13. The minimum Gasteiger partial charge on any atom is -0.354 e. The summed E-state index contributed by atoms with van der Waals surface area (Å²) in [5.74, 6) is 0.0708. The topological polar surface area (TPSA) is 77.8 Å². The summed E-state index contributed by atoms with van der Waals surface area (Å²) >= 11 is 0. The van der Waals surface area contributed by atoms with Crippen LogP contribution in [0.5, 0.6) is 0 Å². The molecule has 3 aromatic rings. The van der Waals surface area contributed by atoms with Crippen molar-refractivity contribution < 1.29 is 4.79 Å². The quantitative estimate of drug-likeness (QED) is 0.669. The Hall–Kier alpha value is -3.65. The van der Waals surface area contributed by atoms with Crippen molar-refractivity contribution in [2.75, 3.05) is 10.6 Å². The first-order valence-electron chi connectivity index (χ1n) is 8.70. The molecule has 0 bridgehead atoms. The monoisotopic (exact) mass is 356 g/mol. The molecule has 0 aliphatic carbocycles. The molecule has 0 radical (unpaired) electrons. The summed E-state index contributed by atoms with van der Waals surface area (Å²) in [6.45, 7) is 4.18. The molecule has 1 heterocycles. The summed E-state index contributed by atoms with van der Waals surface area (Å²) in [5, 5.41) is 15.0. The number of rotatable bonds is 5. The van der Waals surface area contributed by atoms with Crippen LogP contribution in [0.1, 0.15) is 41.4 Å². The van der Waals surface area contributed by atoms with E-state index in [9.17, 15) is 4.79 Å². The van der Waals surface area contributed by atoms with E-state index in [0.29, 0.717) is 17.2 Å². The second-order valence-electron chi connectivity index (χ2n) is 6.44. The van der Waals surface area contributed by atoms with Gasteiger partial charge in [0.1, 0.15) is 5.69 Å². The van der Waals surface area contributed by atoms with Crippen molar-refractivity contribution in [2.45, 2.75) is 19.8 Å². The van der Waals surface area contributed by atoms with Crippen molar-refractivity contribution >= 4 is 23.0 Å². The van der Waals surface area contributed by atoms with E-state index in [1.807, 2.05) is 36.4 Å². The fourth-order valence-corrected chi connectivity index (χ4v) is 2.70. The Morgan fingerprint density at radius 3 is 2.33 bits per heavy atom. The SMILES string of the molecule is CC(C)c1ccccc1NC(=O)c1ccc(Nc2ccc(C#N)cc2)cn1. The third kappa shape index (κ3) is 4.50. The molecule has 3 rings (SSSR count). The molecule has 5 nitrogen and oxygen atoms in total. The molecule has 0 aliphatic heterocycles. The standard InChI is InChI=1S/C22H20N4O/c1-15(2)19-5-3-4-6-20(19)26-22(27)21-12-11-18(14-24-21)25-17-9-7-16(13-23)8-10-17/h3-12,14-15,25H,1-2H3,(H,26,27). The number of nitrogens with zero attached hydrogens (tertiary/aromatic N) is 2. The van der Waals surface area contributed by atoms with E-state index < -0.39 is 0 Å². The van der Waals surface area contributed by atoms with E-state index in [-0.39, 0.29) is 5.91 Å². The molecule has 0 saturated carbocycles. The molecule has 1 aromatic heterocycles. The maximum atomic E-state index is 12.5. The van der Waals surface area contributed by atoms with Crippen molar-refractivity contribution in [1.82, 2.24) is 4.98 Å². The number of nitriles is 1. The second kappa shape index (κ2) is 8.15. The van der Waals surface area contributed by atoms with Crippen LogP contribution >= 0.6 is 0 Å². The van der Waals surface area contributed by atoms with Crippen LogP contribution in [0.3, 0.4) is 0 Å². The zero-order valence-corrected chi connectivity index (χ0v) is 15.2. The number of hydrogen-bond donors (Lipinski definition) is 2.